The molecule has 3 aliphatic rings. The van der Waals surface area contributed by atoms with Crippen LogP contribution in [-0.2, 0) is 4.79 Å². The van der Waals surface area contributed by atoms with Gasteiger partial charge in [0.1, 0.15) is 0 Å². The van der Waals surface area contributed by atoms with Crippen molar-refractivity contribution in [1.29, 1.82) is 0 Å². The summed E-state index contributed by atoms with van der Waals surface area (Å²) in [6.07, 6.45) is 7.12. The average molecular weight is 251 g/mol. The van der Waals surface area contributed by atoms with Gasteiger partial charge < -0.3 is 9.80 Å². The molecule has 1 amide bonds. The van der Waals surface area contributed by atoms with E-state index in [1.54, 1.807) is 0 Å². The molecule has 0 aromatic carbocycles. The van der Waals surface area contributed by atoms with E-state index in [2.05, 4.69) is 22.0 Å². The van der Waals surface area contributed by atoms with Crippen molar-refractivity contribution in [1.82, 2.24) is 15.1 Å². The molecule has 3 aliphatic heterocycles. The number of nitrogens with zero attached hydrogens (tertiary/aromatic N) is 2. The standard InChI is InChI=1S/C14H25N3O/c1-2-4-13-14(18)17(10-15-13)12-6-8-16-7-3-5-11(16)9-12/h11-13,15H,2-10H2,1H3. The quantitative estimate of drug-likeness (QED) is 0.818. The summed E-state index contributed by atoms with van der Waals surface area (Å²) in [5.74, 6) is 0.355. The Morgan fingerprint density at radius 1 is 1.28 bits per heavy atom. The van der Waals surface area contributed by atoms with E-state index in [0.29, 0.717) is 11.9 Å². The fraction of sp³-hybridized carbons (Fsp3) is 0.929. The summed E-state index contributed by atoms with van der Waals surface area (Å²) in [6, 6.07) is 1.34. The molecule has 102 valence electrons. The van der Waals surface area contributed by atoms with Gasteiger partial charge in [-0.25, -0.2) is 0 Å². The largest absolute Gasteiger partial charge is 0.325 e. The molecule has 4 nitrogen and oxygen atoms in total. The van der Waals surface area contributed by atoms with Gasteiger partial charge in [0.2, 0.25) is 5.91 Å². The predicted octanol–water partition coefficient (Wildman–Crippen LogP) is 1.17. The first-order valence-electron chi connectivity index (χ1n) is 7.57. The summed E-state index contributed by atoms with van der Waals surface area (Å²) in [5, 5.41) is 3.38. The van der Waals surface area contributed by atoms with E-state index in [-0.39, 0.29) is 6.04 Å². The topological polar surface area (TPSA) is 35.6 Å². The zero-order valence-corrected chi connectivity index (χ0v) is 11.4. The maximum Gasteiger partial charge on any atom is 0.241 e. The van der Waals surface area contributed by atoms with E-state index < -0.39 is 0 Å². The minimum Gasteiger partial charge on any atom is -0.325 e. The summed E-state index contributed by atoms with van der Waals surface area (Å²) in [5.41, 5.74) is 0. The van der Waals surface area contributed by atoms with E-state index >= 15 is 0 Å². The molecule has 0 spiro atoms. The molecular weight excluding hydrogens is 226 g/mol. The first-order chi connectivity index (χ1) is 8.79. The number of hydrogen-bond acceptors (Lipinski definition) is 3. The number of hydrogen-bond donors (Lipinski definition) is 1. The molecule has 3 saturated heterocycles. The fourth-order valence-corrected chi connectivity index (χ4v) is 3.88. The molecular formula is C14H25N3O. The van der Waals surface area contributed by atoms with Crippen molar-refractivity contribution in [3.05, 3.63) is 0 Å². The molecule has 18 heavy (non-hydrogen) atoms. The van der Waals surface area contributed by atoms with Gasteiger partial charge in [0.15, 0.2) is 0 Å². The Balaban J connectivity index is 1.60. The number of piperidine rings is 1. The number of carbonyl (C=O) groups is 1. The van der Waals surface area contributed by atoms with Gasteiger partial charge in [-0.05, 0) is 38.6 Å². The minimum absolute atomic E-state index is 0.0941. The van der Waals surface area contributed by atoms with Gasteiger partial charge in [0, 0.05) is 18.6 Å². The van der Waals surface area contributed by atoms with Crippen molar-refractivity contribution in [2.75, 3.05) is 19.8 Å². The number of rotatable bonds is 3. The maximum atomic E-state index is 12.3. The first-order valence-corrected chi connectivity index (χ1v) is 7.57. The van der Waals surface area contributed by atoms with Gasteiger partial charge >= 0.3 is 0 Å². The van der Waals surface area contributed by atoms with E-state index in [1.165, 1.54) is 38.8 Å². The molecule has 3 fully saturated rings. The van der Waals surface area contributed by atoms with Gasteiger partial charge in [-0.15, -0.1) is 0 Å². The van der Waals surface area contributed by atoms with Crippen LogP contribution in [0.15, 0.2) is 0 Å². The average Bonchev–Trinajstić information content (AvgIpc) is 2.97. The second kappa shape index (κ2) is 5.17. The van der Waals surface area contributed by atoms with E-state index in [1.807, 2.05) is 0 Å². The molecule has 3 atom stereocenters. The number of nitrogens with one attached hydrogen (secondary N) is 1. The summed E-state index contributed by atoms with van der Waals surface area (Å²) in [6.45, 7) is 5.40. The van der Waals surface area contributed by atoms with Gasteiger partial charge in [0.25, 0.3) is 0 Å². The third-order valence-corrected chi connectivity index (χ3v) is 4.90. The van der Waals surface area contributed by atoms with Crippen LogP contribution in [0.25, 0.3) is 0 Å². The summed E-state index contributed by atoms with van der Waals surface area (Å²) in [4.78, 5) is 17.1. The molecule has 0 aromatic heterocycles. The Morgan fingerprint density at radius 2 is 2.17 bits per heavy atom. The first kappa shape index (κ1) is 12.4. The highest BCUT2D eigenvalue weighted by atomic mass is 16.2. The fourth-order valence-electron chi connectivity index (χ4n) is 3.88. The third kappa shape index (κ3) is 2.16. The van der Waals surface area contributed by atoms with E-state index in [0.717, 1.165) is 25.6 Å². The van der Waals surface area contributed by atoms with Crippen molar-refractivity contribution >= 4 is 5.91 Å². The van der Waals surface area contributed by atoms with Crippen molar-refractivity contribution in [3.63, 3.8) is 0 Å². The van der Waals surface area contributed by atoms with E-state index in [4.69, 9.17) is 0 Å². The SMILES string of the molecule is CCCC1NCN(C2CCN3CCCC3C2)C1=O. The lowest BCUT2D eigenvalue weighted by Crippen LogP contribution is -2.48. The van der Waals surface area contributed by atoms with Crippen molar-refractivity contribution in [2.45, 2.75) is 63.6 Å². The summed E-state index contributed by atoms with van der Waals surface area (Å²) < 4.78 is 0. The highest BCUT2D eigenvalue weighted by molar-refractivity contribution is 5.84. The molecule has 0 aliphatic carbocycles. The highest BCUT2D eigenvalue weighted by Gasteiger charge is 2.39. The van der Waals surface area contributed by atoms with Crippen molar-refractivity contribution in [2.24, 2.45) is 0 Å². The maximum absolute atomic E-state index is 12.3. The van der Waals surface area contributed by atoms with Crippen LogP contribution in [0.3, 0.4) is 0 Å². The van der Waals surface area contributed by atoms with Crippen LogP contribution >= 0.6 is 0 Å². The van der Waals surface area contributed by atoms with Crippen LogP contribution < -0.4 is 5.32 Å². The minimum atomic E-state index is 0.0941. The second-order valence-corrected chi connectivity index (χ2v) is 6.02. The molecule has 0 aromatic rings. The predicted molar refractivity (Wildman–Crippen MR) is 71.2 cm³/mol. The van der Waals surface area contributed by atoms with E-state index in [9.17, 15) is 4.79 Å². The van der Waals surface area contributed by atoms with Gasteiger partial charge in [0.05, 0.1) is 12.7 Å². The van der Waals surface area contributed by atoms with Crippen LogP contribution in [-0.4, -0.2) is 53.6 Å². The molecule has 4 heteroatoms. The Bertz CT molecular complexity index is 320. The van der Waals surface area contributed by atoms with Crippen molar-refractivity contribution < 1.29 is 4.79 Å². The van der Waals surface area contributed by atoms with Crippen molar-refractivity contribution in [3.8, 4) is 0 Å². The van der Waals surface area contributed by atoms with Gasteiger partial charge in [-0.2, -0.15) is 0 Å². The van der Waals surface area contributed by atoms with Crippen LogP contribution in [0.1, 0.15) is 45.4 Å². The highest BCUT2D eigenvalue weighted by Crippen LogP contribution is 2.30. The van der Waals surface area contributed by atoms with Crippen LogP contribution in [0, 0.1) is 0 Å². The molecule has 3 heterocycles. The monoisotopic (exact) mass is 251 g/mol. The number of amides is 1. The normalized spacial score (nSPS) is 37.3. The lowest BCUT2D eigenvalue weighted by molar-refractivity contribution is -0.132. The van der Waals surface area contributed by atoms with Gasteiger partial charge in [-0.3, -0.25) is 10.1 Å². The zero-order valence-electron chi connectivity index (χ0n) is 11.4. The molecule has 3 unspecified atom stereocenters. The van der Waals surface area contributed by atoms with Crippen LogP contribution in [0.5, 0.6) is 0 Å². The lowest BCUT2D eigenvalue weighted by Gasteiger charge is -2.38. The second-order valence-electron chi connectivity index (χ2n) is 6.02. The Hall–Kier alpha value is -0.610. The van der Waals surface area contributed by atoms with Gasteiger partial charge in [-0.1, -0.05) is 13.3 Å². The Morgan fingerprint density at radius 3 is 3.00 bits per heavy atom. The summed E-state index contributed by atoms with van der Waals surface area (Å²) in [7, 11) is 0. The third-order valence-electron chi connectivity index (χ3n) is 4.90. The number of carbonyl (C=O) groups excluding carboxylic acids is 1. The Labute approximate surface area is 110 Å². The molecule has 1 N–H and O–H groups in total. The molecule has 0 bridgehead atoms. The zero-order chi connectivity index (χ0) is 12.5. The molecule has 3 rings (SSSR count). The van der Waals surface area contributed by atoms with Crippen LogP contribution in [0.2, 0.25) is 0 Å². The number of fused-ring (bicyclic) bond motifs is 1. The lowest BCUT2D eigenvalue weighted by atomic mass is 9.96. The van der Waals surface area contributed by atoms with Crippen LogP contribution in [0.4, 0.5) is 0 Å². The molecule has 0 saturated carbocycles. The Kier molecular flexibility index (Phi) is 3.57. The smallest absolute Gasteiger partial charge is 0.241 e. The summed E-state index contributed by atoms with van der Waals surface area (Å²) >= 11 is 0. The molecule has 0 radical (unpaired) electrons.